The van der Waals surface area contributed by atoms with Crippen LogP contribution in [0.2, 0.25) is 0 Å². The predicted octanol–water partition coefficient (Wildman–Crippen LogP) is 0.703. The molecule has 0 spiro atoms. The van der Waals surface area contributed by atoms with Gasteiger partial charge >= 0.3 is 0 Å². The highest BCUT2D eigenvalue weighted by Gasteiger charge is 2.29. The van der Waals surface area contributed by atoms with Crippen LogP contribution in [0.3, 0.4) is 0 Å². The molecule has 0 aliphatic carbocycles. The molecule has 8 heteroatoms. The molecule has 128 valence electrons. The van der Waals surface area contributed by atoms with Crippen molar-refractivity contribution in [3.63, 3.8) is 0 Å². The van der Waals surface area contributed by atoms with Crippen molar-refractivity contribution >= 4 is 15.9 Å². The number of sulfonamides is 1. The Morgan fingerprint density at radius 3 is 2.74 bits per heavy atom. The standard InChI is InChI=1S/C15H22FN3O3S/c1-11(15(20)19-9-5-6-12(10-19)17-2)18-23(21,22)14-8-4-3-7-13(14)16/h3-4,7-8,11-12,17-18H,5-6,9-10H2,1-2H3. The van der Waals surface area contributed by atoms with Gasteiger partial charge in [-0.3, -0.25) is 4.79 Å². The van der Waals surface area contributed by atoms with Gasteiger partial charge in [0.05, 0.1) is 6.04 Å². The van der Waals surface area contributed by atoms with Crippen molar-refractivity contribution in [1.82, 2.24) is 14.9 Å². The van der Waals surface area contributed by atoms with Crippen LogP contribution in [0.1, 0.15) is 19.8 Å². The largest absolute Gasteiger partial charge is 0.340 e. The van der Waals surface area contributed by atoms with Crippen molar-refractivity contribution in [2.75, 3.05) is 20.1 Å². The average molecular weight is 343 g/mol. The van der Waals surface area contributed by atoms with Gasteiger partial charge in [-0.25, -0.2) is 12.8 Å². The van der Waals surface area contributed by atoms with E-state index in [1.54, 1.807) is 4.90 Å². The number of benzene rings is 1. The first-order valence-electron chi connectivity index (χ1n) is 7.58. The summed E-state index contributed by atoms with van der Waals surface area (Å²) in [5.74, 6) is -1.14. The van der Waals surface area contributed by atoms with E-state index in [-0.39, 0.29) is 11.9 Å². The first-order chi connectivity index (χ1) is 10.8. The number of likely N-dealkylation sites (tertiary alicyclic amines) is 1. The second-order valence-corrected chi connectivity index (χ2v) is 7.37. The maximum absolute atomic E-state index is 13.7. The molecule has 2 atom stereocenters. The summed E-state index contributed by atoms with van der Waals surface area (Å²) >= 11 is 0. The van der Waals surface area contributed by atoms with E-state index >= 15 is 0 Å². The molecule has 1 amide bonds. The van der Waals surface area contributed by atoms with Crippen LogP contribution in [-0.4, -0.2) is 51.4 Å². The summed E-state index contributed by atoms with van der Waals surface area (Å²) in [4.78, 5) is 13.6. The minimum Gasteiger partial charge on any atom is -0.340 e. The lowest BCUT2D eigenvalue weighted by Gasteiger charge is -2.34. The highest BCUT2D eigenvalue weighted by molar-refractivity contribution is 7.89. The smallest absolute Gasteiger partial charge is 0.244 e. The van der Waals surface area contributed by atoms with Gasteiger partial charge in [0.25, 0.3) is 0 Å². The third-order valence-electron chi connectivity index (χ3n) is 3.97. The lowest BCUT2D eigenvalue weighted by Crippen LogP contribution is -2.53. The molecular formula is C15H22FN3O3S. The quantitative estimate of drug-likeness (QED) is 0.825. The summed E-state index contributed by atoms with van der Waals surface area (Å²) in [7, 11) is -2.24. The fourth-order valence-electron chi connectivity index (χ4n) is 2.70. The van der Waals surface area contributed by atoms with Gasteiger partial charge in [-0.05, 0) is 38.9 Å². The molecule has 0 bridgehead atoms. The molecule has 0 radical (unpaired) electrons. The summed E-state index contributed by atoms with van der Waals surface area (Å²) in [6.07, 6.45) is 1.85. The Morgan fingerprint density at radius 1 is 1.39 bits per heavy atom. The van der Waals surface area contributed by atoms with Gasteiger partial charge in [0.2, 0.25) is 15.9 Å². The molecule has 2 unspecified atom stereocenters. The summed E-state index contributed by atoms with van der Waals surface area (Å²) in [6.45, 7) is 2.62. The van der Waals surface area contributed by atoms with Crippen LogP contribution in [-0.2, 0) is 14.8 Å². The third-order valence-corrected chi connectivity index (χ3v) is 5.54. The number of hydrogen-bond acceptors (Lipinski definition) is 4. The summed E-state index contributed by atoms with van der Waals surface area (Å²) < 4.78 is 40.4. The SMILES string of the molecule is CNC1CCCN(C(=O)C(C)NS(=O)(=O)c2ccccc2F)C1. The maximum Gasteiger partial charge on any atom is 0.244 e. The van der Waals surface area contributed by atoms with Crippen LogP contribution in [0, 0.1) is 5.82 Å². The minimum atomic E-state index is -4.08. The number of likely N-dealkylation sites (N-methyl/N-ethyl adjacent to an activating group) is 1. The van der Waals surface area contributed by atoms with Gasteiger partial charge in [0.15, 0.2) is 0 Å². The van der Waals surface area contributed by atoms with Gasteiger partial charge in [0, 0.05) is 19.1 Å². The zero-order chi connectivity index (χ0) is 17.0. The molecule has 1 fully saturated rings. The normalized spacial score (nSPS) is 20.3. The molecule has 0 aromatic heterocycles. The van der Waals surface area contributed by atoms with Crippen molar-refractivity contribution in [2.45, 2.75) is 36.7 Å². The number of halogens is 1. The Kier molecular flexibility index (Phi) is 5.72. The lowest BCUT2D eigenvalue weighted by atomic mass is 10.1. The maximum atomic E-state index is 13.7. The Hall–Kier alpha value is -1.51. The molecule has 1 saturated heterocycles. The molecule has 23 heavy (non-hydrogen) atoms. The first-order valence-corrected chi connectivity index (χ1v) is 9.06. The Labute approximate surface area is 136 Å². The fraction of sp³-hybridized carbons (Fsp3) is 0.533. The fourth-order valence-corrected chi connectivity index (χ4v) is 3.97. The van der Waals surface area contributed by atoms with Gasteiger partial charge in [-0.15, -0.1) is 0 Å². The number of amides is 1. The molecule has 1 aromatic carbocycles. The van der Waals surface area contributed by atoms with Crippen LogP contribution in [0.5, 0.6) is 0 Å². The van der Waals surface area contributed by atoms with Crippen LogP contribution in [0.4, 0.5) is 4.39 Å². The third kappa shape index (κ3) is 4.27. The molecule has 6 nitrogen and oxygen atoms in total. The summed E-state index contributed by atoms with van der Waals surface area (Å²) in [5.41, 5.74) is 0. The lowest BCUT2D eigenvalue weighted by molar-refractivity contribution is -0.133. The molecular weight excluding hydrogens is 321 g/mol. The van der Waals surface area contributed by atoms with E-state index in [0.717, 1.165) is 18.9 Å². The van der Waals surface area contributed by atoms with Crippen LogP contribution in [0.15, 0.2) is 29.2 Å². The zero-order valence-corrected chi connectivity index (χ0v) is 14.1. The highest BCUT2D eigenvalue weighted by Crippen LogP contribution is 2.15. The molecule has 1 aromatic rings. The second-order valence-electron chi connectivity index (χ2n) is 5.69. The Balaban J connectivity index is 2.07. The molecule has 1 aliphatic heterocycles. The first kappa shape index (κ1) is 17.8. The summed E-state index contributed by atoms with van der Waals surface area (Å²) in [5, 5.41) is 3.13. The Bertz CT molecular complexity index is 666. The second kappa shape index (κ2) is 7.37. The minimum absolute atomic E-state index is 0.211. The van der Waals surface area contributed by atoms with E-state index in [4.69, 9.17) is 0 Å². The van der Waals surface area contributed by atoms with Crippen LogP contribution in [0.25, 0.3) is 0 Å². The molecule has 0 saturated carbocycles. The van der Waals surface area contributed by atoms with Gasteiger partial charge in [0.1, 0.15) is 10.7 Å². The molecule has 2 rings (SSSR count). The summed E-state index contributed by atoms with van der Waals surface area (Å²) in [6, 6.07) is 4.36. The average Bonchev–Trinajstić information content (AvgIpc) is 2.54. The topological polar surface area (TPSA) is 78.5 Å². The van der Waals surface area contributed by atoms with Gasteiger partial charge in [-0.1, -0.05) is 12.1 Å². The number of carbonyl (C=O) groups excluding carboxylic acids is 1. The van der Waals surface area contributed by atoms with Crippen molar-refractivity contribution in [3.8, 4) is 0 Å². The van der Waals surface area contributed by atoms with E-state index < -0.39 is 26.8 Å². The van der Waals surface area contributed by atoms with Gasteiger partial charge in [-0.2, -0.15) is 4.72 Å². The number of rotatable bonds is 5. The number of piperidine rings is 1. The van der Waals surface area contributed by atoms with Crippen molar-refractivity contribution in [1.29, 1.82) is 0 Å². The van der Waals surface area contributed by atoms with Crippen LogP contribution < -0.4 is 10.0 Å². The Morgan fingerprint density at radius 2 is 2.09 bits per heavy atom. The molecule has 2 N–H and O–H groups in total. The number of nitrogens with one attached hydrogen (secondary N) is 2. The van der Waals surface area contributed by atoms with Crippen molar-refractivity contribution < 1.29 is 17.6 Å². The van der Waals surface area contributed by atoms with E-state index in [2.05, 4.69) is 10.0 Å². The van der Waals surface area contributed by atoms with E-state index in [1.807, 2.05) is 7.05 Å². The van der Waals surface area contributed by atoms with Crippen molar-refractivity contribution in [3.05, 3.63) is 30.1 Å². The molecule has 1 aliphatic rings. The van der Waals surface area contributed by atoms with Crippen LogP contribution >= 0.6 is 0 Å². The van der Waals surface area contributed by atoms with Gasteiger partial charge < -0.3 is 10.2 Å². The van der Waals surface area contributed by atoms with E-state index in [9.17, 15) is 17.6 Å². The van der Waals surface area contributed by atoms with Crippen molar-refractivity contribution in [2.24, 2.45) is 0 Å². The molecule has 1 heterocycles. The monoisotopic (exact) mass is 343 g/mol. The van der Waals surface area contributed by atoms with E-state index in [0.29, 0.717) is 13.1 Å². The highest BCUT2D eigenvalue weighted by atomic mass is 32.2. The predicted molar refractivity (Wildman–Crippen MR) is 84.8 cm³/mol. The number of hydrogen-bond donors (Lipinski definition) is 2. The number of nitrogens with zero attached hydrogens (tertiary/aromatic N) is 1. The zero-order valence-electron chi connectivity index (χ0n) is 13.3. The number of carbonyl (C=O) groups is 1. The van der Waals surface area contributed by atoms with E-state index in [1.165, 1.54) is 25.1 Å².